The van der Waals surface area contributed by atoms with Gasteiger partial charge in [0.05, 0.1) is 6.61 Å². The summed E-state index contributed by atoms with van der Waals surface area (Å²) in [6.07, 6.45) is 0.897. The van der Waals surface area contributed by atoms with Crippen LogP contribution in [0.3, 0.4) is 0 Å². The minimum Gasteiger partial charge on any atom is -0.450 e. The second-order valence-corrected chi connectivity index (χ2v) is 9.72. The van der Waals surface area contributed by atoms with Crippen LogP contribution in [0.5, 0.6) is 0 Å². The molecule has 12 heteroatoms. The quantitative estimate of drug-likeness (QED) is 0.706. The summed E-state index contributed by atoms with van der Waals surface area (Å²) in [5.74, 6) is -0.368. The van der Waals surface area contributed by atoms with Gasteiger partial charge in [0.15, 0.2) is 5.13 Å². The average Bonchev–Trinajstić information content (AvgIpc) is 3.34. The maximum Gasteiger partial charge on any atom is 0.409 e. The van der Waals surface area contributed by atoms with Crippen molar-refractivity contribution < 1.29 is 22.7 Å². The number of anilines is 1. The highest BCUT2D eigenvalue weighted by Gasteiger charge is 2.26. The SMILES string of the molecule is CCOC(=O)N1CCC(NC(=O)c2csc(NS(=O)(=O)c3cccs3)n2)CC1. The lowest BCUT2D eigenvalue weighted by atomic mass is 10.1. The van der Waals surface area contributed by atoms with Gasteiger partial charge < -0.3 is 15.0 Å². The first kappa shape index (κ1) is 20.6. The number of hydrogen-bond donors (Lipinski definition) is 2. The maximum atomic E-state index is 12.4. The molecule has 28 heavy (non-hydrogen) atoms. The third-order valence-corrected chi connectivity index (χ3v) is 7.70. The van der Waals surface area contributed by atoms with Gasteiger partial charge in [-0.3, -0.25) is 9.52 Å². The molecule has 2 N–H and O–H groups in total. The minimum atomic E-state index is -3.69. The van der Waals surface area contributed by atoms with Crippen LogP contribution in [0.4, 0.5) is 9.93 Å². The van der Waals surface area contributed by atoms with Crippen molar-refractivity contribution in [2.45, 2.75) is 30.0 Å². The Morgan fingerprint density at radius 3 is 2.71 bits per heavy atom. The van der Waals surface area contributed by atoms with Gasteiger partial charge in [-0.15, -0.1) is 22.7 Å². The number of hydrogen-bond acceptors (Lipinski definition) is 8. The fraction of sp³-hybridized carbons (Fsp3) is 0.438. The molecular weight excluding hydrogens is 424 g/mol. The van der Waals surface area contributed by atoms with Crippen LogP contribution in [0.25, 0.3) is 0 Å². The van der Waals surface area contributed by atoms with Gasteiger partial charge in [-0.1, -0.05) is 6.07 Å². The lowest BCUT2D eigenvalue weighted by Crippen LogP contribution is -2.46. The van der Waals surface area contributed by atoms with Crippen LogP contribution in [0, 0.1) is 0 Å². The minimum absolute atomic E-state index is 0.0777. The van der Waals surface area contributed by atoms with Crippen LogP contribution < -0.4 is 10.0 Å². The van der Waals surface area contributed by atoms with Crippen molar-refractivity contribution in [1.29, 1.82) is 0 Å². The molecule has 1 saturated heterocycles. The fourth-order valence-corrected chi connectivity index (χ4v) is 5.62. The summed E-state index contributed by atoms with van der Waals surface area (Å²) in [5.41, 5.74) is 0.154. The number of nitrogens with zero attached hydrogens (tertiary/aromatic N) is 2. The zero-order chi connectivity index (χ0) is 20.1. The number of likely N-dealkylation sites (tertiary alicyclic amines) is 1. The van der Waals surface area contributed by atoms with Gasteiger partial charge in [-0.2, -0.15) is 0 Å². The monoisotopic (exact) mass is 444 g/mol. The molecule has 2 amide bonds. The number of piperidine rings is 1. The molecule has 2 aromatic rings. The van der Waals surface area contributed by atoms with Crippen molar-refractivity contribution in [2.75, 3.05) is 24.4 Å². The summed E-state index contributed by atoms with van der Waals surface area (Å²) in [4.78, 5) is 29.8. The third kappa shape index (κ3) is 5.00. The molecular formula is C16H20N4O5S3. The number of sulfonamides is 1. The average molecular weight is 445 g/mol. The first-order valence-electron chi connectivity index (χ1n) is 8.63. The Hall–Kier alpha value is -2.18. The molecule has 1 aliphatic heterocycles. The second-order valence-electron chi connectivity index (χ2n) is 6.01. The number of carbonyl (C=O) groups is 2. The largest absolute Gasteiger partial charge is 0.450 e. The summed E-state index contributed by atoms with van der Waals surface area (Å²) in [6, 6.07) is 3.07. The predicted molar refractivity (Wildman–Crippen MR) is 106 cm³/mol. The number of thiophene rings is 1. The summed E-state index contributed by atoms with van der Waals surface area (Å²) < 4.78 is 32.0. The molecule has 2 aromatic heterocycles. The zero-order valence-corrected chi connectivity index (χ0v) is 17.5. The molecule has 0 aromatic carbocycles. The molecule has 3 heterocycles. The fourth-order valence-electron chi connectivity index (χ4n) is 2.69. The zero-order valence-electron chi connectivity index (χ0n) is 15.1. The molecule has 0 spiro atoms. The Balaban J connectivity index is 1.53. The van der Waals surface area contributed by atoms with E-state index in [-0.39, 0.29) is 33.1 Å². The molecule has 0 unspecified atom stereocenters. The van der Waals surface area contributed by atoms with Crippen molar-refractivity contribution >= 4 is 49.8 Å². The van der Waals surface area contributed by atoms with Crippen molar-refractivity contribution in [3.8, 4) is 0 Å². The number of amides is 2. The van der Waals surface area contributed by atoms with Gasteiger partial charge in [-0.05, 0) is 31.2 Å². The van der Waals surface area contributed by atoms with Gasteiger partial charge in [0.1, 0.15) is 9.90 Å². The van der Waals surface area contributed by atoms with E-state index in [1.165, 1.54) is 11.4 Å². The maximum absolute atomic E-state index is 12.4. The number of aromatic nitrogens is 1. The van der Waals surface area contributed by atoms with Gasteiger partial charge in [0, 0.05) is 24.5 Å². The second kappa shape index (κ2) is 8.88. The first-order chi connectivity index (χ1) is 13.4. The van der Waals surface area contributed by atoms with E-state index in [4.69, 9.17) is 4.74 Å². The van der Waals surface area contributed by atoms with Crippen LogP contribution in [0.15, 0.2) is 27.1 Å². The van der Waals surface area contributed by atoms with Gasteiger partial charge in [-0.25, -0.2) is 18.2 Å². The summed E-state index contributed by atoms with van der Waals surface area (Å²) in [7, 11) is -3.69. The normalized spacial score (nSPS) is 15.2. The molecule has 0 atom stereocenters. The van der Waals surface area contributed by atoms with E-state index < -0.39 is 10.0 Å². The number of nitrogens with one attached hydrogen (secondary N) is 2. The number of thiazole rings is 1. The van der Waals surface area contributed by atoms with E-state index in [9.17, 15) is 18.0 Å². The molecule has 3 rings (SSSR count). The highest BCUT2D eigenvalue weighted by molar-refractivity contribution is 7.94. The number of ether oxygens (including phenoxy) is 1. The predicted octanol–water partition coefficient (Wildman–Crippen LogP) is 2.36. The number of carbonyl (C=O) groups excluding carboxylic acids is 2. The van der Waals surface area contributed by atoms with Crippen LogP contribution in [-0.2, 0) is 14.8 Å². The molecule has 9 nitrogen and oxygen atoms in total. The Labute approximate surface area is 170 Å². The van der Waals surface area contributed by atoms with Gasteiger partial charge in [0.2, 0.25) is 0 Å². The van der Waals surface area contributed by atoms with E-state index in [0.717, 1.165) is 22.7 Å². The standard InChI is InChI=1S/C16H20N4O5S3/c1-2-25-16(22)20-7-5-11(6-8-20)17-14(21)12-10-27-15(18-12)19-28(23,24)13-4-3-9-26-13/h3-4,9-11H,2,5-8H2,1H3,(H,17,21)(H,18,19). The molecule has 0 aliphatic carbocycles. The summed E-state index contributed by atoms with van der Waals surface area (Å²) >= 11 is 2.15. The third-order valence-electron chi connectivity index (χ3n) is 4.07. The lowest BCUT2D eigenvalue weighted by molar-refractivity contribution is 0.0857. The molecule has 0 saturated carbocycles. The molecule has 1 fully saturated rings. The van der Waals surface area contributed by atoms with E-state index in [1.807, 2.05) is 0 Å². The van der Waals surface area contributed by atoms with Crippen LogP contribution in [0.2, 0.25) is 0 Å². The molecule has 152 valence electrons. The molecule has 1 aliphatic rings. The Morgan fingerprint density at radius 2 is 2.07 bits per heavy atom. The van der Waals surface area contributed by atoms with E-state index in [1.54, 1.807) is 23.3 Å². The summed E-state index contributed by atoms with van der Waals surface area (Å²) in [6.45, 7) is 3.10. The highest BCUT2D eigenvalue weighted by Crippen LogP contribution is 2.23. The van der Waals surface area contributed by atoms with Crippen molar-refractivity contribution in [1.82, 2.24) is 15.2 Å². The Bertz CT molecular complexity index is 918. The Morgan fingerprint density at radius 1 is 1.32 bits per heavy atom. The highest BCUT2D eigenvalue weighted by atomic mass is 32.2. The smallest absolute Gasteiger partial charge is 0.409 e. The van der Waals surface area contributed by atoms with Crippen LogP contribution >= 0.6 is 22.7 Å². The van der Waals surface area contributed by atoms with Crippen LogP contribution in [0.1, 0.15) is 30.3 Å². The Kier molecular flexibility index (Phi) is 6.52. The molecule has 0 radical (unpaired) electrons. The van der Waals surface area contributed by atoms with Gasteiger partial charge >= 0.3 is 6.09 Å². The van der Waals surface area contributed by atoms with E-state index in [0.29, 0.717) is 32.5 Å². The number of rotatable bonds is 6. The van der Waals surface area contributed by atoms with Crippen molar-refractivity contribution in [2.24, 2.45) is 0 Å². The van der Waals surface area contributed by atoms with Crippen molar-refractivity contribution in [3.63, 3.8) is 0 Å². The topological polar surface area (TPSA) is 118 Å². The van der Waals surface area contributed by atoms with Crippen LogP contribution in [-0.4, -0.2) is 56.0 Å². The summed E-state index contributed by atoms with van der Waals surface area (Å²) in [5, 5.41) is 6.19. The van der Waals surface area contributed by atoms with Crippen molar-refractivity contribution in [3.05, 3.63) is 28.6 Å². The molecule has 0 bridgehead atoms. The van der Waals surface area contributed by atoms with E-state index >= 15 is 0 Å². The first-order valence-corrected chi connectivity index (χ1v) is 11.9. The lowest BCUT2D eigenvalue weighted by Gasteiger charge is -2.31. The van der Waals surface area contributed by atoms with E-state index in [2.05, 4.69) is 15.0 Å². The van der Waals surface area contributed by atoms with Gasteiger partial charge in [0.25, 0.3) is 15.9 Å².